The molecular formula is C10H8BrNOS. The molecule has 1 aliphatic rings. The Morgan fingerprint density at radius 1 is 1.64 bits per heavy atom. The van der Waals surface area contributed by atoms with Crippen molar-refractivity contribution in [3.05, 3.63) is 20.3 Å². The SMILES string of the molecule is Cc1csc(C2(C#N)CC(=O)C2)c1Br. The third kappa shape index (κ3) is 1.23. The number of rotatable bonds is 1. The number of thiophene rings is 1. The van der Waals surface area contributed by atoms with E-state index in [1.54, 1.807) is 11.3 Å². The lowest BCUT2D eigenvalue weighted by atomic mass is 9.68. The minimum Gasteiger partial charge on any atom is -0.300 e. The van der Waals surface area contributed by atoms with Crippen LogP contribution in [0.4, 0.5) is 0 Å². The number of halogens is 1. The van der Waals surface area contributed by atoms with Crippen LogP contribution in [0.5, 0.6) is 0 Å². The molecule has 0 spiro atoms. The third-order valence-corrected chi connectivity index (χ3v) is 5.13. The first kappa shape index (κ1) is 9.88. The number of carbonyl (C=O) groups is 1. The van der Waals surface area contributed by atoms with Gasteiger partial charge in [-0.1, -0.05) is 0 Å². The molecule has 0 atom stereocenters. The highest BCUT2D eigenvalue weighted by Gasteiger charge is 2.47. The molecule has 1 saturated carbocycles. The van der Waals surface area contributed by atoms with Gasteiger partial charge in [0.15, 0.2) is 0 Å². The van der Waals surface area contributed by atoms with Crippen molar-refractivity contribution in [2.45, 2.75) is 25.2 Å². The lowest BCUT2D eigenvalue weighted by Gasteiger charge is -2.33. The summed E-state index contributed by atoms with van der Waals surface area (Å²) in [5.74, 6) is 0.185. The van der Waals surface area contributed by atoms with Crippen LogP contribution < -0.4 is 0 Å². The van der Waals surface area contributed by atoms with Gasteiger partial charge in [0.25, 0.3) is 0 Å². The molecule has 1 heterocycles. The Balaban J connectivity index is 2.44. The maximum Gasteiger partial charge on any atom is 0.136 e. The lowest BCUT2D eigenvalue weighted by Crippen LogP contribution is -2.39. The zero-order valence-corrected chi connectivity index (χ0v) is 10.0. The molecule has 14 heavy (non-hydrogen) atoms. The van der Waals surface area contributed by atoms with E-state index in [1.807, 2.05) is 12.3 Å². The minimum atomic E-state index is -0.533. The summed E-state index contributed by atoms with van der Waals surface area (Å²) in [6.45, 7) is 2.00. The van der Waals surface area contributed by atoms with Crippen LogP contribution in [0.3, 0.4) is 0 Å². The van der Waals surface area contributed by atoms with Gasteiger partial charge in [0.05, 0.1) is 6.07 Å². The predicted molar refractivity (Wildman–Crippen MR) is 58.3 cm³/mol. The largest absolute Gasteiger partial charge is 0.300 e. The van der Waals surface area contributed by atoms with Crippen molar-refractivity contribution in [1.29, 1.82) is 5.26 Å². The highest BCUT2D eigenvalue weighted by molar-refractivity contribution is 9.10. The Hall–Kier alpha value is -0.660. The summed E-state index contributed by atoms with van der Waals surface area (Å²) in [6, 6.07) is 2.28. The zero-order valence-electron chi connectivity index (χ0n) is 7.63. The van der Waals surface area contributed by atoms with Crippen LogP contribution in [0.2, 0.25) is 0 Å². The Bertz CT molecular complexity index is 435. The molecule has 1 aliphatic carbocycles. The van der Waals surface area contributed by atoms with Crippen LogP contribution in [-0.4, -0.2) is 5.78 Å². The topological polar surface area (TPSA) is 40.9 Å². The molecule has 0 N–H and O–H groups in total. The van der Waals surface area contributed by atoms with Crippen molar-refractivity contribution in [3.63, 3.8) is 0 Å². The van der Waals surface area contributed by atoms with Crippen molar-refractivity contribution in [1.82, 2.24) is 0 Å². The van der Waals surface area contributed by atoms with Gasteiger partial charge in [0, 0.05) is 22.2 Å². The fourth-order valence-corrected chi connectivity index (χ4v) is 3.68. The number of nitriles is 1. The molecule has 72 valence electrons. The number of Topliss-reactive ketones (excluding diaryl/α,β-unsaturated/α-hetero) is 1. The van der Waals surface area contributed by atoms with Gasteiger partial charge in [-0.15, -0.1) is 11.3 Å². The smallest absolute Gasteiger partial charge is 0.136 e. The quantitative estimate of drug-likeness (QED) is 0.787. The fourth-order valence-electron chi connectivity index (χ4n) is 1.66. The molecule has 2 rings (SSSR count). The van der Waals surface area contributed by atoms with Crippen LogP contribution in [0.1, 0.15) is 23.3 Å². The van der Waals surface area contributed by atoms with E-state index < -0.39 is 5.41 Å². The van der Waals surface area contributed by atoms with Gasteiger partial charge in [0.1, 0.15) is 11.2 Å². The average molecular weight is 270 g/mol. The number of nitrogens with zero attached hydrogens (tertiary/aromatic N) is 1. The van der Waals surface area contributed by atoms with E-state index in [1.165, 1.54) is 0 Å². The average Bonchev–Trinajstić information content (AvgIpc) is 2.43. The molecule has 0 aromatic carbocycles. The van der Waals surface area contributed by atoms with Gasteiger partial charge in [-0.25, -0.2) is 0 Å². The van der Waals surface area contributed by atoms with E-state index in [4.69, 9.17) is 5.26 Å². The second kappa shape index (κ2) is 3.18. The molecule has 0 amide bonds. The van der Waals surface area contributed by atoms with E-state index in [9.17, 15) is 4.79 Å². The summed E-state index contributed by atoms with van der Waals surface area (Å²) in [5, 5.41) is 11.1. The summed E-state index contributed by atoms with van der Waals surface area (Å²) in [7, 11) is 0. The van der Waals surface area contributed by atoms with Gasteiger partial charge < -0.3 is 0 Å². The van der Waals surface area contributed by atoms with Crippen LogP contribution in [-0.2, 0) is 10.2 Å². The van der Waals surface area contributed by atoms with Crippen LogP contribution >= 0.6 is 27.3 Å². The molecule has 0 aliphatic heterocycles. The highest BCUT2D eigenvalue weighted by Crippen LogP contribution is 2.47. The minimum absolute atomic E-state index is 0.185. The molecule has 0 bridgehead atoms. The van der Waals surface area contributed by atoms with Crippen molar-refractivity contribution in [3.8, 4) is 6.07 Å². The fraction of sp³-hybridized carbons (Fsp3) is 0.400. The molecule has 0 saturated heterocycles. The van der Waals surface area contributed by atoms with Crippen molar-refractivity contribution < 1.29 is 4.79 Å². The van der Waals surface area contributed by atoms with Gasteiger partial charge in [-0.2, -0.15) is 5.26 Å². The second-order valence-electron chi connectivity index (χ2n) is 3.65. The molecular weight excluding hydrogens is 262 g/mol. The Labute approximate surface area is 94.7 Å². The van der Waals surface area contributed by atoms with Crippen molar-refractivity contribution in [2.24, 2.45) is 0 Å². The summed E-state index contributed by atoms with van der Waals surface area (Å²) in [6.07, 6.45) is 0.754. The molecule has 2 nitrogen and oxygen atoms in total. The second-order valence-corrected chi connectivity index (χ2v) is 5.32. The van der Waals surface area contributed by atoms with E-state index in [2.05, 4.69) is 22.0 Å². The van der Waals surface area contributed by atoms with E-state index in [0.717, 1.165) is 14.9 Å². The highest BCUT2D eigenvalue weighted by atomic mass is 79.9. The normalized spacial score (nSPS) is 18.8. The zero-order chi connectivity index (χ0) is 10.3. The summed E-state index contributed by atoms with van der Waals surface area (Å²) < 4.78 is 0.997. The van der Waals surface area contributed by atoms with Gasteiger partial charge in [-0.05, 0) is 33.8 Å². The number of carbonyl (C=O) groups excluding carboxylic acids is 1. The van der Waals surface area contributed by atoms with E-state index >= 15 is 0 Å². The Morgan fingerprint density at radius 2 is 2.29 bits per heavy atom. The Kier molecular flexibility index (Phi) is 2.24. The molecule has 0 radical (unpaired) electrons. The standard InChI is InChI=1S/C10H8BrNOS/c1-6-4-14-9(8(6)11)10(5-12)2-7(13)3-10/h4H,2-3H2,1H3. The first-order chi connectivity index (χ1) is 6.59. The number of aryl methyl sites for hydroxylation is 1. The summed E-state index contributed by atoms with van der Waals surface area (Å²) in [5.41, 5.74) is 0.605. The number of hydrogen-bond acceptors (Lipinski definition) is 3. The van der Waals surface area contributed by atoms with E-state index in [0.29, 0.717) is 12.8 Å². The molecule has 1 aromatic rings. The molecule has 1 aromatic heterocycles. The monoisotopic (exact) mass is 269 g/mol. The number of hydrogen-bond donors (Lipinski definition) is 0. The lowest BCUT2D eigenvalue weighted by molar-refractivity contribution is -0.126. The van der Waals surface area contributed by atoms with Gasteiger partial charge >= 0.3 is 0 Å². The van der Waals surface area contributed by atoms with Crippen LogP contribution in [0.25, 0.3) is 0 Å². The summed E-state index contributed by atoms with van der Waals surface area (Å²) in [4.78, 5) is 12.0. The maximum atomic E-state index is 11.0. The summed E-state index contributed by atoms with van der Waals surface area (Å²) >= 11 is 5.03. The van der Waals surface area contributed by atoms with E-state index in [-0.39, 0.29) is 5.78 Å². The van der Waals surface area contributed by atoms with Crippen molar-refractivity contribution in [2.75, 3.05) is 0 Å². The number of ketones is 1. The van der Waals surface area contributed by atoms with Gasteiger partial charge in [0.2, 0.25) is 0 Å². The first-order valence-corrected chi connectivity index (χ1v) is 5.93. The van der Waals surface area contributed by atoms with Crippen LogP contribution in [0, 0.1) is 18.3 Å². The third-order valence-electron chi connectivity index (χ3n) is 2.55. The molecule has 0 unspecified atom stereocenters. The van der Waals surface area contributed by atoms with Gasteiger partial charge in [-0.3, -0.25) is 4.79 Å². The maximum absolute atomic E-state index is 11.0. The van der Waals surface area contributed by atoms with Crippen LogP contribution in [0.15, 0.2) is 9.85 Å². The molecule has 4 heteroatoms. The predicted octanol–water partition coefficient (Wildman–Crippen LogP) is 2.94. The Morgan fingerprint density at radius 3 is 2.64 bits per heavy atom. The first-order valence-electron chi connectivity index (χ1n) is 4.26. The molecule has 1 fully saturated rings. The van der Waals surface area contributed by atoms with Crippen molar-refractivity contribution >= 4 is 33.0 Å².